The third kappa shape index (κ3) is 5.89. The first-order chi connectivity index (χ1) is 13.7. The number of hydrogen-bond donors (Lipinski definition) is 2. The van der Waals surface area contributed by atoms with Crippen LogP contribution in [0.2, 0.25) is 0 Å². The lowest BCUT2D eigenvalue weighted by Crippen LogP contribution is -2.43. The molecule has 1 aliphatic rings. The van der Waals surface area contributed by atoms with E-state index in [9.17, 15) is 4.79 Å². The minimum absolute atomic E-state index is 0.0906. The van der Waals surface area contributed by atoms with Gasteiger partial charge in [-0.05, 0) is 24.5 Å². The molecule has 1 saturated heterocycles. The molecule has 3 rings (SSSR count). The van der Waals surface area contributed by atoms with Crippen LogP contribution in [0.5, 0.6) is 0 Å². The molecule has 0 spiro atoms. The smallest absolute Gasteiger partial charge is 0.237 e. The summed E-state index contributed by atoms with van der Waals surface area (Å²) >= 11 is 0. The molecule has 0 saturated carbocycles. The fourth-order valence-electron chi connectivity index (χ4n) is 3.80. The van der Waals surface area contributed by atoms with E-state index >= 15 is 0 Å². The largest absolute Gasteiger partial charge is 0.383 e. The van der Waals surface area contributed by atoms with Crippen LogP contribution >= 0.6 is 0 Å². The van der Waals surface area contributed by atoms with Crippen LogP contribution in [-0.2, 0) is 22.6 Å². The van der Waals surface area contributed by atoms with Gasteiger partial charge in [-0.3, -0.25) is 9.69 Å². The number of amides is 1. The highest BCUT2D eigenvalue weighted by atomic mass is 16.5. The number of benzene rings is 2. The van der Waals surface area contributed by atoms with E-state index in [0.29, 0.717) is 19.2 Å². The average Bonchev–Trinajstić information content (AvgIpc) is 3.10. The van der Waals surface area contributed by atoms with Gasteiger partial charge in [0.05, 0.1) is 12.6 Å². The fourth-order valence-corrected chi connectivity index (χ4v) is 3.80. The Kier molecular flexibility index (Phi) is 7.60. The van der Waals surface area contributed by atoms with Crippen LogP contribution in [0.4, 0.5) is 0 Å². The first-order valence-electron chi connectivity index (χ1n) is 9.99. The summed E-state index contributed by atoms with van der Waals surface area (Å²) < 4.78 is 5.06. The number of nitrogens with one attached hydrogen (secondary N) is 2. The van der Waals surface area contributed by atoms with E-state index in [1.54, 1.807) is 7.11 Å². The molecule has 0 unspecified atom stereocenters. The highest BCUT2D eigenvalue weighted by molar-refractivity contribution is 5.82. The van der Waals surface area contributed by atoms with Gasteiger partial charge in [0.1, 0.15) is 0 Å². The third-order valence-corrected chi connectivity index (χ3v) is 5.22. The van der Waals surface area contributed by atoms with Crippen molar-refractivity contribution >= 4 is 5.91 Å². The van der Waals surface area contributed by atoms with Crippen molar-refractivity contribution in [3.8, 4) is 0 Å². The first-order valence-corrected chi connectivity index (χ1v) is 9.99. The second-order valence-electron chi connectivity index (χ2n) is 7.52. The second-order valence-corrected chi connectivity index (χ2v) is 7.52. The highest BCUT2D eigenvalue weighted by Gasteiger charge is 2.36. The van der Waals surface area contributed by atoms with Gasteiger partial charge in [-0.1, -0.05) is 60.2 Å². The topological polar surface area (TPSA) is 53.6 Å². The number of carbonyl (C=O) groups is 1. The van der Waals surface area contributed by atoms with Crippen molar-refractivity contribution in [3.05, 3.63) is 71.3 Å². The lowest BCUT2D eigenvalue weighted by molar-refractivity contribution is -0.125. The maximum atomic E-state index is 12.7. The molecule has 1 heterocycles. The van der Waals surface area contributed by atoms with Crippen LogP contribution in [0.3, 0.4) is 0 Å². The van der Waals surface area contributed by atoms with E-state index in [4.69, 9.17) is 4.74 Å². The lowest BCUT2D eigenvalue weighted by Gasteiger charge is -2.23. The van der Waals surface area contributed by atoms with Gasteiger partial charge in [0.15, 0.2) is 0 Å². The zero-order chi connectivity index (χ0) is 19.8. The van der Waals surface area contributed by atoms with Gasteiger partial charge in [-0.2, -0.15) is 0 Å². The summed E-state index contributed by atoms with van der Waals surface area (Å²) in [5.41, 5.74) is 3.78. The van der Waals surface area contributed by atoms with Crippen LogP contribution in [-0.4, -0.2) is 49.7 Å². The molecule has 28 heavy (non-hydrogen) atoms. The van der Waals surface area contributed by atoms with E-state index in [2.05, 4.69) is 58.9 Å². The van der Waals surface area contributed by atoms with Gasteiger partial charge >= 0.3 is 0 Å². The number of methoxy groups -OCH3 is 1. The van der Waals surface area contributed by atoms with Gasteiger partial charge in [-0.15, -0.1) is 0 Å². The molecule has 2 atom stereocenters. The molecule has 1 aliphatic heterocycles. The maximum absolute atomic E-state index is 12.7. The SMILES string of the molecule is COCCNC(=O)[C@@H]1C[C@@H](NCc2cccc(C)c2)CN1Cc1ccccc1. The maximum Gasteiger partial charge on any atom is 0.237 e. The summed E-state index contributed by atoms with van der Waals surface area (Å²) in [6, 6.07) is 19.1. The lowest BCUT2D eigenvalue weighted by atomic mass is 10.1. The Hall–Kier alpha value is -2.21. The molecule has 5 heteroatoms. The monoisotopic (exact) mass is 381 g/mol. The molecule has 5 nitrogen and oxygen atoms in total. The van der Waals surface area contributed by atoms with Gasteiger partial charge in [0.2, 0.25) is 5.91 Å². The quantitative estimate of drug-likeness (QED) is 0.656. The summed E-state index contributed by atoms with van der Waals surface area (Å²) in [5, 5.41) is 6.66. The van der Waals surface area contributed by atoms with Crippen molar-refractivity contribution in [3.63, 3.8) is 0 Å². The van der Waals surface area contributed by atoms with Crippen molar-refractivity contribution in [2.75, 3.05) is 26.8 Å². The fraction of sp³-hybridized carbons (Fsp3) is 0.435. The summed E-state index contributed by atoms with van der Waals surface area (Å²) in [6.45, 7) is 5.66. The van der Waals surface area contributed by atoms with E-state index in [0.717, 1.165) is 26.1 Å². The summed E-state index contributed by atoms with van der Waals surface area (Å²) in [7, 11) is 1.65. The average molecular weight is 382 g/mol. The summed E-state index contributed by atoms with van der Waals surface area (Å²) in [5.74, 6) is 0.0906. The summed E-state index contributed by atoms with van der Waals surface area (Å²) in [4.78, 5) is 15.0. The Labute approximate surface area is 168 Å². The predicted molar refractivity (Wildman–Crippen MR) is 112 cm³/mol. The Morgan fingerprint density at radius 2 is 1.93 bits per heavy atom. The minimum atomic E-state index is -0.118. The zero-order valence-corrected chi connectivity index (χ0v) is 16.9. The van der Waals surface area contributed by atoms with E-state index in [1.807, 2.05) is 18.2 Å². The van der Waals surface area contributed by atoms with Crippen molar-refractivity contribution in [2.24, 2.45) is 0 Å². The molecular formula is C23H31N3O2. The molecule has 0 aliphatic carbocycles. The number of rotatable bonds is 9. The van der Waals surface area contributed by atoms with Crippen LogP contribution in [0, 0.1) is 6.92 Å². The van der Waals surface area contributed by atoms with Crippen molar-refractivity contribution in [1.82, 2.24) is 15.5 Å². The Morgan fingerprint density at radius 3 is 2.68 bits per heavy atom. The third-order valence-electron chi connectivity index (χ3n) is 5.22. The van der Waals surface area contributed by atoms with Crippen molar-refractivity contribution in [1.29, 1.82) is 0 Å². The number of aryl methyl sites for hydroxylation is 1. The predicted octanol–water partition coefficient (Wildman–Crippen LogP) is 2.49. The molecule has 1 fully saturated rings. The zero-order valence-electron chi connectivity index (χ0n) is 16.9. The Balaban J connectivity index is 1.62. The van der Waals surface area contributed by atoms with Crippen LogP contribution in [0.25, 0.3) is 0 Å². The molecule has 2 aromatic carbocycles. The number of nitrogens with zero attached hydrogens (tertiary/aromatic N) is 1. The number of ether oxygens (including phenoxy) is 1. The van der Waals surface area contributed by atoms with Crippen molar-refractivity contribution < 1.29 is 9.53 Å². The van der Waals surface area contributed by atoms with Gasteiger partial charge in [0, 0.05) is 39.3 Å². The van der Waals surface area contributed by atoms with Crippen LogP contribution in [0.1, 0.15) is 23.1 Å². The minimum Gasteiger partial charge on any atom is -0.383 e. The Morgan fingerprint density at radius 1 is 1.14 bits per heavy atom. The normalized spacial score (nSPS) is 19.6. The van der Waals surface area contributed by atoms with E-state index in [1.165, 1.54) is 16.7 Å². The molecule has 2 aromatic rings. The molecule has 1 amide bonds. The highest BCUT2D eigenvalue weighted by Crippen LogP contribution is 2.21. The standard InChI is InChI=1S/C23H31N3O2/c1-18-7-6-10-20(13-18)15-25-21-14-22(23(27)24-11-12-28-2)26(17-21)16-19-8-4-3-5-9-19/h3-10,13,21-22,25H,11-12,14-17H2,1-2H3,(H,24,27)/t21-,22+/m1/s1. The first kappa shape index (κ1) is 20.5. The van der Waals surface area contributed by atoms with Gasteiger partial charge in [0.25, 0.3) is 0 Å². The van der Waals surface area contributed by atoms with E-state index in [-0.39, 0.29) is 11.9 Å². The number of carbonyl (C=O) groups excluding carboxylic acids is 1. The van der Waals surface area contributed by atoms with Gasteiger partial charge in [-0.25, -0.2) is 0 Å². The van der Waals surface area contributed by atoms with Crippen molar-refractivity contribution in [2.45, 2.75) is 38.5 Å². The van der Waals surface area contributed by atoms with E-state index < -0.39 is 0 Å². The van der Waals surface area contributed by atoms with Crippen LogP contribution < -0.4 is 10.6 Å². The second kappa shape index (κ2) is 10.4. The molecular weight excluding hydrogens is 350 g/mol. The number of hydrogen-bond acceptors (Lipinski definition) is 4. The molecule has 0 aromatic heterocycles. The van der Waals surface area contributed by atoms with Gasteiger partial charge < -0.3 is 15.4 Å². The number of likely N-dealkylation sites (tertiary alicyclic amines) is 1. The summed E-state index contributed by atoms with van der Waals surface area (Å²) in [6.07, 6.45) is 0.817. The van der Waals surface area contributed by atoms with Crippen LogP contribution in [0.15, 0.2) is 54.6 Å². The molecule has 0 radical (unpaired) electrons. The molecule has 0 bridgehead atoms. The molecule has 150 valence electrons. The molecule has 2 N–H and O–H groups in total. The Bertz CT molecular complexity index is 751.